The Kier molecular flexibility index (Phi) is 5.50. The first-order valence-electron chi connectivity index (χ1n) is 6.63. The molecule has 2 nitrogen and oxygen atoms in total. The average molecular weight is 298 g/mol. The fourth-order valence-electron chi connectivity index (χ4n) is 1.93. The minimum Gasteiger partial charge on any atom is -0.326 e. The van der Waals surface area contributed by atoms with Gasteiger partial charge in [0.15, 0.2) is 0 Å². The maximum absolute atomic E-state index is 10.9. The lowest BCUT2D eigenvalue weighted by Gasteiger charge is -1.98. The molecule has 0 heterocycles. The molecule has 0 aliphatic heterocycles. The molecular formula is C18H16ClNO. The predicted octanol–water partition coefficient (Wildman–Crippen LogP) is 4.36. The third-order valence-corrected chi connectivity index (χ3v) is 3.27. The van der Waals surface area contributed by atoms with Gasteiger partial charge in [0.05, 0.1) is 0 Å². The highest BCUT2D eigenvalue weighted by molar-refractivity contribution is 6.67. The van der Waals surface area contributed by atoms with Gasteiger partial charge in [-0.3, -0.25) is 4.79 Å². The zero-order valence-corrected chi connectivity index (χ0v) is 12.3. The number of benzene rings is 3. The topological polar surface area (TPSA) is 43.1 Å². The number of halogens is 1. The second-order valence-corrected chi connectivity index (χ2v) is 4.87. The van der Waals surface area contributed by atoms with Gasteiger partial charge in [0.2, 0.25) is 0 Å². The smallest absolute Gasteiger partial charge is 0.252 e. The molecule has 0 spiro atoms. The number of fused-ring (bicyclic) bond motifs is 1. The fraction of sp³-hybridized carbons (Fsp3) is 0.0556. The highest BCUT2D eigenvalue weighted by Gasteiger charge is 2.01. The van der Waals surface area contributed by atoms with E-state index in [0.717, 1.165) is 10.8 Å². The molecule has 0 radical (unpaired) electrons. The summed E-state index contributed by atoms with van der Waals surface area (Å²) in [5.74, 6) is 0. The van der Waals surface area contributed by atoms with Crippen LogP contribution in [-0.4, -0.2) is 5.24 Å². The summed E-state index contributed by atoms with van der Waals surface area (Å²) in [6.45, 7) is 0.640. The minimum absolute atomic E-state index is 0.411. The molecule has 0 unspecified atom stereocenters. The summed E-state index contributed by atoms with van der Waals surface area (Å²) >= 11 is 5.36. The molecule has 21 heavy (non-hydrogen) atoms. The van der Waals surface area contributed by atoms with Crippen LogP contribution in [0.15, 0.2) is 72.8 Å². The van der Waals surface area contributed by atoms with Gasteiger partial charge in [-0.25, -0.2) is 0 Å². The summed E-state index contributed by atoms with van der Waals surface area (Å²) in [5, 5.41) is 1.74. The Morgan fingerprint density at radius 2 is 1.48 bits per heavy atom. The minimum atomic E-state index is -0.411. The van der Waals surface area contributed by atoms with E-state index >= 15 is 0 Å². The van der Waals surface area contributed by atoms with Crippen molar-refractivity contribution in [1.82, 2.24) is 0 Å². The van der Waals surface area contributed by atoms with Crippen LogP contribution in [-0.2, 0) is 6.54 Å². The van der Waals surface area contributed by atoms with Crippen molar-refractivity contribution in [3.05, 3.63) is 83.9 Å². The molecule has 0 amide bonds. The van der Waals surface area contributed by atoms with Crippen molar-refractivity contribution in [3.63, 3.8) is 0 Å². The molecule has 106 valence electrons. The lowest BCUT2D eigenvalue weighted by molar-refractivity contribution is 0.108. The molecule has 2 N–H and O–H groups in total. The van der Waals surface area contributed by atoms with Gasteiger partial charge >= 0.3 is 0 Å². The number of rotatable bonds is 2. The van der Waals surface area contributed by atoms with Gasteiger partial charge in [-0.1, -0.05) is 60.7 Å². The van der Waals surface area contributed by atoms with Gasteiger partial charge in [-0.15, -0.1) is 0 Å². The van der Waals surface area contributed by atoms with Crippen LogP contribution in [0.4, 0.5) is 0 Å². The Labute approximate surface area is 129 Å². The second kappa shape index (κ2) is 7.58. The normalized spacial score (nSPS) is 9.81. The van der Waals surface area contributed by atoms with Crippen molar-refractivity contribution in [1.29, 1.82) is 0 Å². The zero-order valence-electron chi connectivity index (χ0n) is 11.5. The summed E-state index contributed by atoms with van der Waals surface area (Å²) < 4.78 is 0. The first-order chi connectivity index (χ1) is 10.2. The van der Waals surface area contributed by atoms with Gasteiger partial charge in [0, 0.05) is 12.1 Å². The Bertz CT molecular complexity index is 725. The van der Waals surface area contributed by atoms with E-state index in [0.29, 0.717) is 12.1 Å². The van der Waals surface area contributed by atoms with E-state index < -0.39 is 5.24 Å². The summed E-state index contributed by atoms with van der Waals surface area (Å²) in [5.41, 5.74) is 7.08. The van der Waals surface area contributed by atoms with E-state index in [4.69, 9.17) is 17.3 Å². The van der Waals surface area contributed by atoms with Crippen LogP contribution in [0.2, 0.25) is 0 Å². The number of carbonyl (C=O) groups is 1. The molecule has 0 aromatic heterocycles. The molecule has 3 aromatic carbocycles. The quantitative estimate of drug-likeness (QED) is 0.714. The second-order valence-electron chi connectivity index (χ2n) is 4.53. The Morgan fingerprint density at radius 1 is 0.857 bits per heavy atom. The van der Waals surface area contributed by atoms with Crippen LogP contribution in [0.1, 0.15) is 15.9 Å². The maximum Gasteiger partial charge on any atom is 0.252 e. The van der Waals surface area contributed by atoms with E-state index in [1.165, 1.54) is 5.56 Å². The van der Waals surface area contributed by atoms with Gasteiger partial charge in [0.25, 0.3) is 5.24 Å². The molecule has 0 saturated carbocycles. The van der Waals surface area contributed by atoms with E-state index in [1.54, 1.807) is 12.1 Å². The standard InChI is InChI=1S/C11H7ClO.C7H9N/c12-11(13)10-6-5-8-3-1-2-4-9(8)7-10;8-6-7-4-2-1-3-5-7/h1-7H;1-5H,6,8H2. The largest absolute Gasteiger partial charge is 0.326 e. The summed E-state index contributed by atoms with van der Waals surface area (Å²) in [6, 6.07) is 23.3. The third-order valence-electron chi connectivity index (χ3n) is 3.05. The first kappa shape index (κ1) is 15.2. The van der Waals surface area contributed by atoms with Gasteiger partial charge < -0.3 is 5.73 Å². The number of hydrogen-bond acceptors (Lipinski definition) is 2. The molecular weight excluding hydrogens is 282 g/mol. The van der Waals surface area contributed by atoms with Crippen LogP contribution in [0, 0.1) is 0 Å². The molecule has 0 aliphatic carbocycles. The average Bonchev–Trinajstić information content (AvgIpc) is 2.55. The zero-order chi connectivity index (χ0) is 15.1. The lowest BCUT2D eigenvalue weighted by atomic mass is 10.1. The van der Waals surface area contributed by atoms with Crippen LogP contribution >= 0.6 is 11.6 Å². The Balaban J connectivity index is 0.000000173. The molecule has 0 saturated heterocycles. The van der Waals surface area contributed by atoms with Crippen molar-refractivity contribution in [2.24, 2.45) is 5.73 Å². The van der Waals surface area contributed by atoms with Crippen LogP contribution < -0.4 is 5.73 Å². The SMILES string of the molecule is NCc1ccccc1.O=C(Cl)c1ccc2ccccc2c1. The highest BCUT2D eigenvalue weighted by atomic mass is 35.5. The molecule has 0 aliphatic rings. The molecule has 3 rings (SSSR count). The van der Waals surface area contributed by atoms with E-state index in [1.807, 2.05) is 60.7 Å². The van der Waals surface area contributed by atoms with Crippen molar-refractivity contribution in [2.45, 2.75) is 6.54 Å². The first-order valence-corrected chi connectivity index (χ1v) is 7.01. The Morgan fingerprint density at radius 3 is 2.05 bits per heavy atom. The van der Waals surface area contributed by atoms with Gasteiger partial charge in [-0.05, 0) is 40.1 Å². The molecule has 0 fully saturated rings. The fourth-order valence-corrected chi connectivity index (χ4v) is 2.04. The predicted molar refractivity (Wildman–Crippen MR) is 88.5 cm³/mol. The van der Waals surface area contributed by atoms with E-state index in [-0.39, 0.29) is 0 Å². The number of nitrogens with two attached hydrogens (primary N) is 1. The number of hydrogen-bond donors (Lipinski definition) is 1. The summed E-state index contributed by atoms with van der Waals surface area (Å²) in [4.78, 5) is 10.9. The van der Waals surface area contributed by atoms with Crippen LogP contribution in [0.5, 0.6) is 0 Å². The van der Waals surface area contributed by atoms with E-state index in [2.05, 4.69) is 0 Å². The molecule has 0 atom stereocenters. The summed E-state index contributed by atoms with van der Waals surface area (Å²) in [6.07, 6.45) is 0. The third kappa shape index (κ3) is 4.42. The van der Waals surface area contributed by atoms with Gasteiger partial charge in [0.1, 0.15) is 0 Å². The molecule has 3 heteroatoms. The van der Waals surface area contributed by atoms with Crippen molar-refractivity contribution < 1.29 is 4.79 Å². The monoisotopic (exact) mass is 297 g/mol. The van der Waals surface area contributed by atoms with Crippen LogP contribution in [0.3, 0.4) is 0 Å². The van der Waals surface area contributed by atoms with Crippen molar-refractivity contribution >= 4 is 27.6 Å². The molecule has 0 bridgehead atoms. The lowest BCUT2D eigenvalue weighted by Crippen LogP contribution is -1.94. The Hall–Kier alpha value is -2.16. The highest BCUT2D eigenvalue weighted by Crippen LogP contribution is 2.16. The van der Waals surface area contributed by atoms with E-state index in [9.17, 15) is 4.79 Å². The maximum atomic E-state index is 10.9. The van der Waals surface area contributed by atoms with Crippen molar-refractivity contribution in [3.8, 4) is 0 Å². The van der Waals surface area contributed by atoms with Crippen LogP contribution in [0.25, 0.3) is 10.8 Å². The van der Waals surface area contributed by atoms with Crippen molar-refractivity contribution in [2.75, 3.05) is 0 Å². The molecule has 3 aromatic rings. The van der Waals surface area contributed by atoms with Gasteiger partial charge in [-0.2, -0.15) is 0 Å². The summed E-state index contributed by atoms with van der Waals surface area (Å²) in [7, 11) is 0. The number of carbonyl (C=O) groups excluding carboxylic acids is 1.